The summed E-state index contributed by atoms with van der Waals surface area (Å²) >= 11 is 0. The lowest BCUT2D eigenvalue weighted by Gasteiger charge is -2.38. The summed E-state index contributed by atoms with van der Waals surface area (Å²) in [5, 5.41) is 8.74. The quantitative estimate of drug-likeness (QED) is 0.801. The number of hydrogen-bond donors (Lipinski definition) is 2. The first kappa shape index (κ1) is 18.8. The molecule has 0 spiro atoms. The first-order valence-corrected chi connectivity index (χ1v) is 10.4. The van der Waals surface area contributed by atoms with Crippen LogP contribution in [-0.2, 0) is 21.2 Å². The van der Waals surface area contributed by atoms with E-state index in [2.05, 4.69) is 9.97 Å². The number of aromatic amines is 1. The molecule has 1 aromatic carbocycles. The van der Waals surface area contributed by atoms with Gasteiger partial charge in [-0.25, -0.2) is 17.7 Å². The number of nitrogens with one attached hydrogen (secondary N) is 1. The molecule has 1 saturated heterocycles. The molecule has 0 aliphatic carbocycles. The van der Waals surface area contributed by atoms with Crippen molar-refractivity contribution in [2.75, 3.05) is 13.1 Å². The summed E-state index contributed by atoms with van der Waals surface area (Å²) in [6.07, 6.45) is 1.15. The second-order valence-electron chi connectivity index (χ2n) is 7.26. The molecule has 0 saturated carbocycles. The van der Waals surface area contributed by atoms with Crippen molar-refractivity contribution < 1.29 is 18.3 Å². The monoisotopic (exact) mass is 379 g/mol. The molecule has 142 valence electrons. The van der Waals surface area contributed by atoms with Crippen molar-refractivity contribution in [1.82, 2.24) is 14.3 Å². The van der Waals surface area contributed by atoms with Gasteiger partial charge in [-0.15, -0.1) is 0 Å². The highest BCUT2D eigenvalue weighted by atomic mass is 32.2. The number of sulfonamides is 1. The van der Waals surface area contributed by atoms with Crippen LogP contribution in [0.25, 0.3) is 11.0 Å². The molecule has 0 amide bonds. The van der Waals surface area contributed by atoms with Crippen molar-refractivity contribution in [1.29, 1.82) is 0 Å². The lowest BCUT2D eigenvalue weighted by molar-refractivity contribution is -0.138. The van der Waals surface area contributed by atoms with Crippen LogP contribution in [0.2, 0.25) is 0 Å². The smallest absolute Gasteiger partial charge is 0.303 e. The van der Waals surface area contributed by atoms with Crippen LogP contribution in [0.15, 0.2) is 24.3 Å². The average molecular weight is 379 g/mol. The molecule has 0 radical (unpaired) electrons. The number of rotatable bonds is 6. The SMILES string of the molecule is CC(C)S(=O)(=O)N1CCC(CC(=O)O)C(Cc2nc3ccccc3[nH]2)C1. The fraction of sp³-hybridized carbons (Fsp3) is 0.556. The van der Waals surface area contributed by atoms with E-state index in [1.54, 1.807) is 13.8 Å². The summed E-state index contributed by atoms with van der Waals surface area (Å²) in [7, 11) is -3.35. The third-order valence-electron chi connectivity index (χ3n) is 5.14. The number of H-pyrrole nitrogens is 1. The number of para-hydroxylation sites is 2. The molecule has 8 heteroatoms. The van der Waals surface area contributed by atoms with Gasteiger partial charge in [-0.2, -0.15) is 0 Å². The first-order valence-electron chi connectivity index (χ1n) is 8.91. The number of aromatic nitrogens is 2. The Balaban J connectivity index is 1.83. The normalized spacial score (nSPS) is 22.1. The van der Waals surface area contributed by atoms with Crippen LogP contribution in [0.3, 0.4) is 0 Å². The highest BCUT2D eigenvalue weighted by Crippen LogP contribution is 2.31. The Morgan fingerprint density at radius 1 is 1.35 bits per heavy atom. The van der Waals surface area contributed by atoms with Crippen LogP contribution < -0.4 is 0 Å². The second kappa shape index (κ2) is 7.36. The van der Waals surface area contributed by atoms with Crippen molar-refractivity contribution in [3.63, 3.8) is 0 Å². The van der Waals surface area contributed by atoms with Crippen LogP contribution in [0.1, 0.15) is 32.5 Å². The van der Waals surface area contributed by atoms with E-state index in [1.807, 2.05) is 24.3 Å². The number of fused-ring (bicyclic) bond motifs is 1. The Kier molecular flexibility index (Phi) is 5.34. The van der Waals surface area contributed by atoms with Gasteiger partial charge < -0.3 is 10.1 Å². The minimum Gasteiger partial charge on any atom is -0.481 e. The Hall–Kier alpha value is -1.93. The van der Waals surface area contributed by atoms with E-state index < -0.39 is 21.2 Å². The molecular weight excluding hydrogens is 354 g/mol. The Morgan fingerprint density at radius 3 is 2.73 bits per heavy atom. The summed E-state index contributed by atoms with van der Waals surface area (Å²) in [5.41, 5.74) is 1.79. The van der Waals surface area contributed by atoms with E-state index >= 15 is 0 Å². The van der Waals surface area contributed by atoms with Crippen molar-refractivity contribution in [3.8, 4) is 0 Å². The minimum atomic E-state index is -3.35. The topological polar surface area (TPSA) is 103 Å². The molecule has 2 aromatic rings. The molecule has 2 atom stereocenters. The Morgan fingerprint density at radius 2 is 2.08 bits per heavy atom. The zero-order valence-electron chi connectivity index (χ0n) is 15.1. The van der Waals surface area contributed by atoms with Gasteiger partial charge >= 0.3 is 5.97 Å². The zero-order chi connectivity index (χ0) is 18.9. The molecule has 2 N–H and O–H groups in total. The summed E-state index contributed by atoms with van der Waals surface area (Å²) in [6, 6.07) is 7.70. The molecule has 1 aliphatic rings. The summed E-state index contributed by atoms with van der Waals surface area (Å²) in [5.74, 6) is -0.201. The lowest BCUT2D eigenvalue weighted by Crippen LogP contribution is -2.47. The highest BCUT2D eigenvalue weighted by Gasteiger charge is 2.37. The lowest BCUT2D eigenvalue weighted by atomic mass is 9.82. The molecule has 26 heavy (non-hydrogen) atoms. The third-order valence-corrected chi connectivity index (χ3v) is 7.38. The van der Waals surface area contributed by atoms with Crippen molar-refractivity contribution >= 4 is 27.0 Å². The number of imidazole rings is 1. The maximum absolute atomic E-state index is 12.5. The standard InChI is InChI=1S/C18H25N3O4S/c1-12(2)26(24,25)21-8-7-13(10-18(22)23)14(11-21)9-17-19-15-5-3-4-6-16(15)20-17/h3-6,12-14H,7-11H2,1-2H3,(H,19,20)(H,22,23). The molecule has 1 aromatic heterocycles. The van der Waals surface area contributed by atoms with E-state index in [9.17, 15) is 18.3 Å². The number of benzene rings is 1. The van der Waals surface area contributed by atoms with Crippen molar-refractivity contribution in [2.24, 2.45) is 11.8 Å². The van der Waals surface area contributed by atoms with Gasteiger partial charge in [0.25, 0.3) is 0 Å². The predicted octanol–water partition coefficient (Wildman–Crippen LogP) is 2.26. The highest BCUT2D eigenvalue weighted by molar-refractivity contribution is 7.89. The molecule has 2 unspecified atom stereocenters. The van der Waals surface area contributed by atoms with Gasteiger partial charge in [-0.05, 0) is 44.2 Å². The Bertz CT molecular complexity index is 858. The van der Waals surface area contributed by atoms with E-state index in [4.69, 9.17) is 0 Å². The summed E-state index contributed by atoms with van der Waals surface area (Å²) in [6.45, 7) is 4.07. The number of carboxylic acids is 1. The number of carboxylic acid groups (broad SMARTS) is 1. The number of aliphatic carboxylic acids is 1. The molecule has 0 bridgehead atoms. The molecule has 3 rings (SSSR count). The fourth-order valence-corrected chi connectivity index (χ4v) is 5.01. The van der Waals surface area contributed by atoms with E-state index in [0.29, 0.717) is 25.9 Å². The van der Waals surface area contributed by atoms with Gasteiger partial charge in [0.1, 0.15) is 5.82 Å². The van der Waals surface area contributed by atoms with Gasteiger partial charge in [-0.1, -0.05) is 12.1 Å². The first-order chi connectivity index (χ1) is 12.3. The average Bonchev–Trinajstić information content (AvgIpc) is 2.98. The predicted molar refractivity (Wildman–Crippen MR) is 99.3 cm³/mol. The zero-order valence-corrected chi connectivity index (χ0v) is 15.9. The maximum Gasteiger partial charge on any atom is 0.303 e. The van der Waals surface area contributed by atoms with Crippen LogP contribution in [0.4, 0.5) is 0 Å². The van der Waals surface area contributed by atoms with Gasteiger partial charge in [0.05, 0.1) is 16.3 Å². The number of carbonyl (C=O) groups is 1. The molecule has 1 fully saturated rings. The molecular formula is C18H25N3O4S. The number of nitrogens with zero attached hydrogens (tertiary/aromatic N) is 2. The minimum absolute atomic E-state index is 0.0560. The van der Waals surface area contributed by atoms with Gasteiger partial charge in [0.2, 0.25) is 10.0 Å². The largest absolute Gasteiger partial charge is 0.481 e. The van der Waals surface area contributed by atoms with Crippen LogP contribution >= 0.6 is 0 Å². The molecule has 7 nitrogen and oxygen atoms in total. The summed E-state index contributed by atoms with van der Waals surface area (Å²) < 4.78 is 26.6. The molecule has 1 aliphatic heterocycles. The van der Waals surface area contributed by atoms with E-state index in [0.717, 1.165) is 16.9 Å². The Labute approximate surface area is 153 Å². The summed E-state index contributed by atoms with van der Waals surface area (Å²) in [4.78, 5) is 19.1. The second-order valence-corrected chi connectivity index (χ2v) is 9.75. The van der Waals surface area contributed by atoms with Crippen molar-refractivity contribution in [3.05, 3.63) is 30.1 Å². The third kappa shape index (κ3) is 3.91. The van der Waals surface area contributed by atoms with Crippen molar-refractivity contribution in [2.45, 2.75) is 38.4 Å². The van der Waals surface area contributed by atoms with Gasteiger partial charge in [0, 0.05) is 25.9 Å². The van der Waals surface area contributed by atoms with E-state index in [-0.39, 0.29) is 18.3 Å². The van der Waals surface area contributed by atoms with E-state index in [1.165, 1.54) is 4.31 Å². The van der Waals surface area contributed by atoms with Gasteiger partial charge in [-0.3, -0.25) is 4.79 Å². The molecule has 2 heterocycles. The fourth-order valence-electron chi connectivity index (χ4n) is 3.65. The number of piperidine rings is 1. The van der Waals surface area contributed by atoms with Crippen LogP contribution in [0, 0.1) is 11.8 Å². The van der Waals surface area contributed by atoms with Crippen LogP contribution in [-0.4, -0.2) is 52.1 Å². The van der Waals surface area contributed by atoms with Gasteiger partial charge in [0.15, 0.2) is 0 Å². The maximum atomic E-state index is 12.5. The number of hydrogen-bond acceptors (Lipinski definition) is 4. The van der Waals surface area contributed by atoms with Crippen LogP contribution in [0.5, 0.6) is 0 Å².